The van der Waals surface area contributed by atoms with Crippen molar-refractivity contribution in [1.29, 1.82) is 0 Å². The molecule has 106 valence electrons. The van der Waals surface area contributed by atoms with Gasteiger partial charge in [-0.1, -0.05) is 13.8 Å². The van der Waals surface area contributed by atoms with Crippen LogP contribution in [0.25, 0.3) is 0 Å². The van der Waals surface area contributed by atoms with Crippen molar-refractivity contribution in [3.05, 3.63) is 30.1 Å². The number of rotatable bonds is 2. The Morgan fingerprint density at radius 1 is 1.26 bits per heavy atom. The molecule has 1 aromatic carbocycles. The lowest BCUT2D eigenvalue weighted by Gasteiger charge is -2.38. The van der Waals surface area contributed by atoms with E-state index in [0.717, 1.165) is 6.42 Å². The highest BCUT2D eigenvalue weighted by Crippen LogP contribution is 2.39. The predicted octanol–water partition coefficient (Wildman–Crippen LogP) is 2.51. The molecule has 1 aliphatic rings. The van der Waals surface area contributed by atoms with Crippen molar-refractivity contribution in [1.82, 2.24) is 0 Å². The van der Waals surface area contributed by atoms with E-state index in [2.05, 4.69) is 13.8 Å². The van der Waals surface area contributed by atoms with E-state index in [4.69, 9.17) is 5.73 Å². The first-order valence-electron chi connectivity index (χ1n) is 6.47. The molecule has 0 spiro atoms. The maximum atomic E-state index is 12.9. The van der Waals surface area contributed by atoms with Gasteiger partial charge in [0.15, 0.2) is 9.84 Å². The van der Waals surface area contributed by atoms with Gasteiger partial charge in [0.2, 0.25) is 0 Å². The molecule has 3 nitrogen and oxygen atoms in total. The average molecular weight is 285 g/mol. The van der Waals surface area contributed by atoms with Crippen molar-refractivity contribution in [2.75, 3.05) is 0 Å². The van der Waals surface area contributed by atoms with Crippen LogP contribution in [0, 0.1) is 11.2 Å². The van der Waals surface area contributed by atoms with Gasteiger partial charge >= 0.3 is 0 Å². The van der Waals surface area contributed by atoms with E-state index < -0.39 is 20.9 Å². The zero-order valence-electron chi connectivity index (χ0n) is 11.3. The molecule has 0 bridgehead atoms. The quantitative estimate of drug-likeness (QED) is 0.849. The van der Waals surface area contributed by atoms with Gasteiger partial charge < -0.3 is 5.73 Å². The molecule has 19 heavy (non-hydrogen) atoms. The third kappa shape index (κ3) is 2.98. The minimum Gasteiger partial charge on any atom is -0.327 e. The minimum atomic E-state index is -3.49. The van der Waals surface area contributed by atoms with E-state index in [1.807, 2.05) is 0 Å². The zero-order valence-corrected chi connectivity index (χ0v) is 12.1. The van der Waals surface area contributed by atoms with Crippen LogP contribution in [0.2, 0.25) is 0 Å². The van der Waals surface area contributed by atoms with E-state index in [-0.39, 0.29) is 16.4 Å². The number of hydrogen-bond donors (Lipinski definition) is 1. The van der Waals surface area contributed by atoms with Crippen molar-refractivity contribution in [2.45, 2.75) is 49.3 Å². The molecule has 1 aromatic rings. The van der Waals surface area contributed by atoms with Crippen LogP contribution in [-0.4, -0.2) is 19.7 Å². The van der Waals surface area contributed by atoms with E-state index in [1.165, 1.54) is 24.3 Å². The van der Waals surface area contributed by atoms with E-state index >= 15 is 0 Å². The van der Waals surface area contributed by atoms with Gasteiger partial charge in [-0.05, 0) is 48.9 Å². The van der Waals surface area contributed by atoms with E-state index in [9.17, 15) is 12.8 Å². The second-order valence-corrected chi connectivity index (χ2v) is 8.28. The van der Waals surface area contributed by atoms with Gasteiger partial charge in [-0.2, -0.15) is 0 Å². The molecule has 0 radical (unpaired) electrons. The molecule has 2 N–H and O–H groups in total. The summed E-state index contributed by atoms with van der Waals surface area (Å²) in [5, 5.41) is -0.582. The maximum absolute atomic E-state index is 12.9. The summed E-state index contributed by atoms with van der Waals surface area (Å²) in [6.45, 7) is 4.12. The minimum absolute atomic E-state index is 0.0202. The second-order valence-electron chi connectivity index (χ2n) is 6.11. The first-order valence-corrected chi connectivity index (χ1v) is 8.02. The fourth-order valence-corrected chi connectivity index (χ4v) is 4.81. The third-order valence-corrected chi connectivity index (χ3v) is 6.17. The molecule has 0 aliphatic heterocycles. The number of nitrogens with two attached hydrogens (primary N) is 1. The van der Waals surface area contributed by atoms with Crippen molar-refractivity contribution < 1.29 is 12.8 Å². The van der Waals surface area contributed by atoms with Crippen molar-refractivity contribution in [2.24, 2.45) is 11.1 Å². The third-order valence-electron chi connectivity index (χ3n) is 3.93. The summed E-state index contributed by atoms with van der Waals surface area (Å²) in [6.07, 6.45) is 2.19. The first-order chi connectivity index (χ1) is 8.72. The monoisotopic (exact) mass is 285 g/mol. The Bertz CT molecular complexity index is 551. The highest BCUT2D eigenvalue weighted by molar-refractivity contribution is 7.92. The number of halogens is 1. The summed E-state index contributed by atoms with van der Waals surface area (Å²) >= 11 is 0. The Balaban J connectivity index is 2.35. The van der Waals surface area contributed by atoms with Crippen LogP contribution in [0.15, 0.2) is 29.2 Å². The van der Waals surface area contributed by atoms with Gasteiger partial charge in [0.25, 0.3) is 0 Å². The van der Waals surface area contributed by atoms with Crippen molar-refractivity contribution in [3.63, 3.8) is 0 Å². The molecule has 1 fully saturated rings. The standard InChI is InChI=1S/C14H20FNO2S/c1-14(2)8-7-12(16)13(9-14)19(17,18)11-5-3-10(15)4-6-11/h3-6,12-13H,7-9,16H2,1-2H3. The zero-order chi connectivity index (χ0) is 14.3. The molecule has 0 heterocycles. The normalized spacial score (nSPS) is 27.2. The van der Waals surface area contributed by atoms with Crippen molar-refractivity contribution in [3.8, 4) is 0 Å². The smallest absolute Gasteiger partial charge is 0.182 e. The fourth-order valence-electron chi connectivity index (χ4n) is 2.68. The molecular formula is C14H20FNO2S. The summed E-state index contributed by atoms with van der Waals surface area (Å²) in [5.74, 6) is -0.438. The fraction of sp³-hybridized carbons (Fsp3) is 0.571. The number of sulfone groups is 1. The van der Waals surface area contributed by atoms with Gasteiger partial charge in [-0.15, -0.1) is 0 Å². The van der Waals surface area contributed by atoms with Gasteiger partial charge in [-0.3, -0.25) is 0 Å². The summed E-state index contributed by atoms with van der Waals surface area (Å²) in [5.41, 5.74) is 5.98. The average Bonchev–Trinajstić information content (AvgIpc) is 2.33. The van der Waals surface area contributed by atoms with Crippen LogP contribution in [0.1, 0.15) is 33.1 Å². The largest absolute Gasteiger partial charge is 0.327 e. The van der Waals surface area contributed by atoms with Crippen LogP contribution in [0.5, 0.6) is 0 Å². The SMILES string of the molecule is CC1(C)CCC(N)C(S(=O)(=O)c2ccc(F)cc2)C1. The Labute approximate surface area is 113 Å². The lowest BCUT2D eigenvalue weighted by Crippen LogP contribution is -2.47. The van der Waals surface area contributed by atoms with E-state index in [1.54, 1.807) is 0 Å². The lowest BCUT2D eigenvalue weighted by molar-refractivity contribution is 0.227. The molecule has 0 amide bonds. The number of benzene rings is 1. The molecule has 1 aliphatic carbocycles. The summed E-state index contributed by atoms with van der Waals surface area (Å²) in [7, 11) is -3.49. The molecule has 2 atom stereocenters. The molecule has 0 aromatic heterocycles. The number of hydrogen-bond acceptors (Lipinski definition) is 3. The Kier molecular flexibility index (Phi) is 3.71. The highest BCUT2D eigenvalue weighted by atomic mass is 32.2. The molecule has 5 heteroatoms. The summed E-state index contributed by atoms with van der Waals surface area (Å²) < 4.78 is 38.1. The summed E-state index contributed by atoms with van der Waals surface area (Å²) in [4.78, 5) is 0.159. The Morgan fingerprint density at radius 3 is 2.42 bits per heavy atom. The van der Waals surface area contributed by atoms with Crippen LogP contribution in [0.3, 0.4) is 0 Å². The first kappa shape index (κ1) is 14.5. The predicted molar refractivity (Wildman–Crippen MR) is 73.0 cm³/mol. The van der Waals surface area contributed by atoms with Crippen LogP contribution in [0.4, 0.5) is 4.39 Å². The second kappa shape index (κ2) is 4.87. The summed E-state index contributed by atoms with van der Waals surface area (Å²) in [6, 6.07) is 4.64. The molecular weight excluding hydrogens is 265 g/mol. The Hall–Kier alpha value is -0.940. The lowest BCUT2D eigenvalue weighted by atomic mass is 9.75. The van der Waals surface area contributed by atoms with Crippen molar-refractivity contribution >= 4 is 9.84 Å². The van der Waals surface area contributed by atoms with Gasteiger partial charge in [-0.25, -0.2) is 12.8 Å². The Morgan fingerprint density at radius 2 is 1.84 bits per heavy atom. The van der Waals surface area contributed by atoms with Gasteiger partial charge in [0.1, 0.15) is 5.82 Å². The van der Waals surface area contributed by atoms with E-state index in [0.29, 0.717) is 12.8 Å². The van der Waals surface area contributed by atoms with Crippen LogP contribution < -0.4 is 5.73 Å². The maximum Gasteiger partial charge on any atom is 0.182 e. The van der Waals surface area contributed by atoms with Crippen LogP contribution in [-0.2, 0) is 9.84 Å². The van der Waals surface area contributed by atoms with Gasteiger partial charge in [0.05, 0.1) is 10.1 Å². The topological polar surface area (TPSA) is 60.2 Å². The molecule has 2 rings (SSSR count). The molecule has 1 saturated carbocycles. The van der Waals surface area contributed by atoms with Gasteiger partial charge in [0, 0.05) is 6.04 Å². The molecule has 2 unspecified atom stereocenters. The molecule has 0 saturated heterocycles. The highest BCUT2D eigenvalue weighted by Gasteiger charge is 2.41. The van der Waals surface area contributed by atoms with Crippen LogP contribution >= 0.6 is 0 Å².